The number of benzene rings is 1. The van der Waals surface area contributed by atoms with Crippen LogP contribution in [0.15, 0.2) is 60.9 Å². The average Bonchev–Trinajstić information content (AvgIpc) is 3.39. The lowest BCUT2D eigenvalue weighted by Crippen LogP contribution is -2.50. The Bertz CT molecular complexity index is 1280. The summed E-state index contributed by atoms with van der Waals surface area (Å²) in [6.07, 6.45) is -3.25. The third kappa shape index (κ3) is 6.80. The molecular formula is C26H28F3N6O4-. The van der Waals surface area contributed by atoms with E-state index in [2.05, 4.69) is 10.1 Å². The van der Waals surface area contributed by atoms with E-state index in [9.17, 15) is 33.1 Å². The second-order valence-corrected chi connectivity index (χ2v) is 9.45. The molecule has 1 aromatic carbocycles. The van der Waals surface area contributed by atoms with Gasteiger partial charge in [-0.2, -0.15) is 18.3 Å². The maximum absolute atomic E-state index is 13.3. The fourth-order valence-corrected chi connectivity index (χ4v) is 4.60. The van der Waals surface area contributed by atoms with Gasteiger partial charge in [0.25, 0.3) is 0 Å². The van der Waals surface area contributed by atoms with E-state index in [1.165, 1.54) is 29.2 Å². The zero-order valence-corrected chi connectivity index (χ0v) is 20.9. The fraction of sp³-hybridized carbons (Fsp3) is 0.385. The van der Waals surface area contributed by atoms with E-state index in [0.717, 1.165) is 0 Å². The number of aliphatic hydroxyl groups excluding tert-OH is 1. The van der Waals surface area contributed by atoms with Crippen LogP contribution in [-0.4, -0.2) is 73.1 Å². The molecule has 3 heterocycles. The van der Waals surface area contributed by atoms with Gasteiger partial charge < -0.3 is 21.1 Å². The number of carbonyl (C=O) groups is 2. The van der Waals surface area contributed by atoms with Crippen LogP contribution < -0.4 is 5.73 Å². The van der Waals surface area contributed by atoms with Crippen LogP contribution >= 0.6 is 0 Å². The van der Waals surface area contributed by atoms with Crippen molar-refractivity contribution >= 4 is 11.8 Å². The summed E-state index contributed by atoms with van der Waals surface area (Å²) in [5.41, 5.74) is 6.28. The topological polar surface area (TPSA) is 141 Å². The summed E-state index contributed by atoms with van der Waals surface area (Å²) in [6, 6.07) is 11.6. The molecule has 10 nitrogen and oxygen atoms in total. The van der Waals surface area contributed by atoms with E-state index in [4.69, 9.17) is 5.73 Å². The van der Waals surface area contributed by atoms with Crippen molar-refractivity contribution in [2.45, 2.75) is 44.1 Å². The molecule has 0 spiro atoms. The number of hydroxylamine groups is 2. The number of nitrogens with zero attached hydrogens (tertiary/aromatic N) is 5. The summed E-state index contributed by atoms with van der Waals surface area (Å²) in [5, 5.41) is 28.0. The number of carbonyl (C=O) groups excluding carboxylic acids is 2. The van der Waals surface area contributed by atoms with Crippen LogP contribution in [0.1, 0.15) is 34.5 Å². The van der Waals surface area contributed by atoms with Gasteiger partial charge in [0.1, 0.15) is 0 Å². The van der Waals surface area contributed by atoms with Crippen LogP contribution in [0, 0.1) is 11.1 Å². The maximum Gasteiger partial charge on any atom is 0.391 e. The number of halogens is 3. The minimum absolute atomic E-state index is 0.0176. The van der Waals surface area contributed by atoms with Crippen LogP contribution in [0.5, 0.6) is 0 Å². The molecule has 39 heavy (non-hydrogen) atoms. The first-order valence-corrected chi connectivity index (χ1v) is 12.4. The Morgan fingerprint density at radius 3 is 2.46 bits per heavy atom. The molecule has 2 atom stereocenters. The smallest absolute Gasteiger partial charge is 0.391 e. The Morgan fingerprint density at radius 2 is 1.82 bits per heavy atom. The predicted molar refractivity (Wildman–Crippen MR) is 134 cm³/mol. The molecule has 1 aliphatic rings. The molecule has 1 fully saturated rings. The Hall–Kier alpha value is -3.81. The van der Waals surface area contributed by atoms with Crippen molar-refractivity contribution in [3.05, 3.63) is 83.0 Å². The van der Waals surface area contributed by atoms with E-state index in [0.29, 0.717) is 17.8 Å². The van der Waals surface area contributed by atoms with Crippen LogP contribution in [-0.2, 0) is 17.8 Å². The van der Waals surface area contributed by atoms with E-state index in [-0.39, 0.29) is 48.8 Å². The lowest BCUT2D eigenvalue weighted by atomic mass is 9.96. The zero-order chi connectivity index (χ0) is 28.2. The molecule has 1 saturated heterocycles. The Labute approximate surface area is 222 Å². The quantitative estimate of drug-likeness (QED) is 0.394. The summed E-state index contributed by atoms with van der Waals surface area (Å²) in [4.78, 5) is 31.1. The fourth-order valence-electron chi connectivity index (χ4n) is 4.60. The van der Waals surface area contributed by atoms with Gasteiger partial charge in [0.15, 0.2) is 11.9 Å². The van der Waals surface area contributed by atoms with Crippen molar-refractivity contribution in [1.82, 2.24) is 24.7 Å². The highest BCUT2D eigenvalue weighted by Gasteiger charge is 2.41. The number of aliphatic hydroxyl groups is 1. The standard InChI is InChI=1S/C26H28F3N6O4/c27-26(28,29)18-8-12-33(13-9-18)16-19-10-14-34(32-19)24-20(7-4-11-31-24)25(38)35(39)21(22(36)23(30)37)15-17-5-2-1-3-6-17/h1-7,10-11,14,18,21-22,36H,8-9,12-13,15-16H2,(H2,30,37)/q-1. The minimum Gasteiger partial charge on any atom is -0.756 e. The molecule has 2 amide bonds. The summed E-state index contributed by atoms with van der Waals surface area (Å²) in [5.74, 6) is -3.46. The molecule has 0 radical (unpaired) electrons. The Morgan fingerprint density at radius 1 is 1.13 bits per heavy atom. The van der Waals surface area contributed by atoms with Gasteiger partial charge in [0.05, 0.1) is 23.2 Å². The first-order valence-electron chi connectivity index (χ1n) is 12.4. The number of hydrogen-bond acceptors (Lipinski definition) is 7. The minimum atomic E-state index is -4.20. The number of likely N-dealkylation sites (tertiary alicyclic amines) is 1. The van der Waals surface area contributed by atoms with Gasteiger partial charge in [-0.05, 0) is 56.1 Å². The van der Waals surface area contributed by atoms with Crippen molar-refractivity contribution in [2.75, 3.05) is 13.1 Å². The van der Waals surface area contributed by atoms with Gasteiger partial charge >= 0.3 is 6.18 Å². The van der Waals surface area contributed by atoms with Gasteiger partial charge in [-0.3, -0.25) is 14.5 Å². The number of primary amides is 1. The van der Waals surface area contributed by atoms with Crippen LogP contribution in [0.25, 0.3) is 5.82 Å². The molecule has 13 heteroatoms. The third-order valence-corrected chi connectivity index (χ3v) is 6.76. The second kappa shape index (κ2) is 11.9. The molecule has 0 saturated carbocycles. The zero-order valence-electron chi connectivity index (χ0n) is 20.9. The molecule has 1 aliphatic heterocycles. The number of alkyl halides is 3. The number of aromatic nitrogens is 3. The van der Waals surface area contributed by atoms with Crippen molar-refractivity contribution < 1.29 is 27.9 Å². The lowest BCUT2D eigenvalue weighted by Gasteiger charge is -2.39. The Kier molecular flexibility index (Phi) is 8.63. The summed E-state index contributed by atoms with van der Waals surface area (Å²) in [7, 11) is 0. The number of nitrogens with two attached hydrogens (primary N) is 1. The van der Waals surface area contributed by atoms with Crippen LogP contribution in [0.2, 0.25) is 0 Å². The number of pyridine rings is 1. The predicted octanol–water partition coefficient (Wildman–Crippen LogP) is 2.44. The van der Waals surface area contributed by atoms with Gasteiger partial charge in [-0.15, -0.1) is 0 Å². The second-order valence-electron chi connectivity index (χ2n) is 9.45. The molecule has 208 valence electrons. The van der Waals surface area contributed by atoms with E-state index < -0.39 is 36.1 Å². The first-order chi connectivity index (χ1) is 18.5. The normalized spacial score (nSPS) is 16.5. The number of hydrogen-bond donors (Lipinski definition) is 2. The average molecular weight is 546 g/mol. The Balaban J connectivity index is 1.51. The van der Waals surface area contributed by atoms with E-state index in [1.54, 1.807) is 36.4 Å². The van der Waals surface area contributed by atoms with Gasteiger partial charge in [0, 0.05) is 18.9 Å². The third-order valence-electron chi connectivity index (χ3n) is 6.76. The molecule has 0 bridgehead atoms. The molecule has 3 aromatic rings. The molecular weight excluding hydrogens is 517 g/mol. The lowest BCUT2D eigenvalue weighted by molar-refractivity contribution is -0.185. The maximum atomic E-state index is 13.3. The molecule has 2 unspecified atom stereocenters. The van der Waals surface area contributed by atoms with Crippen molar-refractivity contribution in [1.29, 1.82) is 0 Å². The van der Waals surface area contributed by atoms with Gasteiger partial charge in [-0.25, -0.2) is 9.67 Å². The molecule has 4 rings (SSSR count). The highest BCUT2D eigenvalue weighted by molar-refractivity contribution is 5.98. The van der Waals surface area contributed by atoms with Gasteiger partial charge in [0.2, 0.25) is 11.8 Å². The largest absolute Gasteiger partial charge is 0.756 e. The van der Waals surface area contributed by atoms with E-state index >= 15 is 0 Å². The summed E-state index contributed by atoms with van der Waals surface area (Å²) in [6.45, 7) is 0.867. The van der Waals surface area contributed by atoms with Gasteiger partial charge in [-0.1, -0.05) is 30.3 Å². The highest BCUT2D eigenvalue weighted by atomic mass is 19.4. The van der Waals surface area contributed by atoms with Crippen LogP contribution in [0.4, 0.5) is 13.2 Å². The highest BCUT2D eigenvalue weighted by Crippen LogP contribution is 2.34. The first kappa shape index (κ1) is 28.2. The van der Waals surface area contributed by atoms with Crippen molar-refractivity contribution in [3.8, 4) is 5.82 Å². The SMILES string of the molecule is NC(=O)C(O)C(Cc1ccccc1)N([O-])C(=O)c1cccnc1-n1ccc(CN2CCC(C(F)(F)F)CC2)n1. The van der Waals surface area contributed by atoms with Crippen LogP contribution in [0.3, 0.4) is 0 Å². The number of rotatable bonds is 9. The molecule has 2 aromatic heterocycles. The summed E-state index contributed by atoms with van der Waals surface area (Å²) < 4.78 is 40.2. The van der Waals surface area contributed by atoms with E-state index in [1.807, 2.05) is 4.90 Å². The molecule has 0 aliphatic carbocycles. The van der Waals surface area contributed by atoms with Crippen molar-refractivity contribution in [2.24, 2.45) is 11.7 Å². The monoisotopic (exact) mass is 545 g/mol. The number of piperidine rings is 1. The van der Waals surface area contributed by atoms with Crippen molar-refractivity contribution in [3.63, 3.8) is 0 Å². The summed E-state index contributed by atoms with van der Waals surface area (Å²) >= 11 is 0. The number of amides is 2. The molecule has 3 N–H and O–H groups in total.